The first kappa shape index (κ1) is 18.5. The van der Waals surface area contributed by atoms with Gasteiger partial charge in [-0.05, 0) is 59.6 Å². The van der Waals surface area contributed by atoms with Gasteiger partial charge < -0.3 is 4.74 Å². The number of nitrogens with one attached hydrogen (secondary N) is 1. The van der Waals surface area contributed by atoms with Gasteiger partial charge in [-0.3, -0.25) is 14.7 Å². The Bertz CT molecular complexity index is 565. The summed E-state index contributed by atoms with van der Waals surface area (Å²) in [5.41, 5.74) is 0.723. The zero-order valence-electron chi connectivity index (χ0n) is 13.6. The van der Waals surface area contributed by atoms with Gasteiger partial charge >= 0.3 is 5.97 Å². The fourth-order valence-electron chi connectivity index (χ4n) is 3.27. The standard InChI is InChI=1S/C17H25NO3P2/c1-2-21-16(20)17(11-6-12-18-23-22)10-5-8-13-7-3-4-9-14(13)15(17)19/h3-4,7,9,18,23H,2,5-6,8,10-12,22H2,1H3. The van der Waals surface area contributed by atoms with Crippen molar-refractivity contribution in [1.82, 2.24) is 5.09 Å². The van der Waals surface area contributed by atoms with Crippen LogP contribution in [0.3, 0.4) is 0 Å². The molecule has 1 aliphatic rings. The summed E-state index contributed by atoms with van der Waals surface area (Å²) in [5.74, 6) is -0.410. The molecule has 0 radical (unpaired) electrons. The van der Waals surface area contributed by atoms with E-state index in [2.05, 4.69) is 14.0 Å². The van der Waals surface area contributed by atoms with E-state index < -0.39 is 5.41 Å². The minimum atomic E-state index is -1.02. The first-order valence-corrected chi connectivity index (χ1v) is 10.9. The topological polar surface area (TPSA) is 55.4 Å². The van der Waals surface area contributed by atoms with E-state index in [1.807, 2.05) is 24.3 Å². The van der Waals surface area contributed by atoms with E-state index in [-0.39, 0.29) is 11.8 Å². The number of fused-ring (bicyclic) bond motifs is 1. The van der Waals surface area contributed by atoms with Crippen molar-refractivity contribution >= 4 is 29.1 Å². The van der Waals surface area contributed by atoms with Crippen LogP contribution < -0.4 is 5.09 Å². The van der Waals surface area contributed by atoms with Crippen LogP contribution in [0.15, 0.2) is 24.3 Å². The number of ether oxygens (including phenoxy) is 1. The zero-order chi connectivity index (χ0) is 16.7. The molecule has 0 saturated heterocycles. The molecule has 1 aromatic rings. The molecule has 0 aromatic heterocycles. The van der Waals surface area contributed by atoms with Gasteiger partial charge in [-0.15, -0.1) is 0 Å². The minimum absolute atomic E-state index is 0.0580. The second-order valence-corrected chi connectivity index (χ2v) is 7.33. The second-order valence-electron chi connectivity index (χ2n) is 5.82. The monoisotopic (exact) mass is 353 g/mol. The van der Waals surface area contributed by atoms with Gasteiger partial charge in [0.25, 0.3) is 0 Å². The summed E-state index contributed by atoms with van der Waals surface area (Å²) < 4.78 is 5.30. The van der Waals surface area contributed by atoms with E-state index in [4.69, 9.17) is 4.74 Å². The molecule has 1 N–H and O–H groups in total. The quantitative estimate of drug-likeness (QED) is 0.268. The molecule has 0 bridgehead atoms. The normalized spacial score (nSPS) is 21.2. The number of esters is 1. The number of benzene rings is 1. The van der Waals surface area contributed by atoms with Gasteiger partial charge in [0.2, 0.25) is 0 Å². The fourth-order valence-corrected chi connectivity index (χ4v) is 4.02. The van der Waals surface area contributed by atoms with Crippen molar-refractivity contribution in [2.75, 3.05) is 13.2 Å². The Morgan fingerprint density at radius 1 is 1.43 bits per heavy atom. The molecular weight excluding hydrogens is 328 g/mol. The summed E-state index contributed by atoms with van der Waals surface area (Å²) in [4.78, 5) is 25.9. The molecule has 3 unspecified atom stereocenters. The SMILES string of the molecule is CCOC(=O)C1(CCCNPP)CCCc2ccccc2C1=O. The van der Waals surface area contributed by atoms with E-state index in [1.165, 1.54) is 0 Å². The van der Waals surface area contributed by atoms with Crippen LogP contribution in [0, 0.1) is 5.41 Å². The van der Waals surface area contributed by atoms with Crippen molar-refractivity contribution in [2.24, 2.45) is 5.41 Å². The first-order chi connectivity index (χ1) is 11.2. The number of carbonyl (C=O) groups excluding carboxylic acids is 2. The Morgan fingerprint density at radius 3 is 2.96 bits per heavy atom. The highest BCUT2D eigenvalue weighted by Crippen LogP contribution is 2.39. The average Bonchev–Trinajstić information content (AvgIpc) is 2.70. The minimum Gasteiger partial charge on any atom is -0.465 e. The van der Waals surface area contributed by atoms with Crippen molar-refractivity contribution in [1.29, 1.82) is 0 Å². The maximum absolute atomic E-state index is 13.2. The number of aryl methyl sites for hydroxylation is 1. The van der Waals surface area contributed by atoms with Crippen molar-refractivity contribution in [3.63, 3.8) is 0 Å². The highest BCUT2D eigenvalue weighted by atomic mass is 32.0. The third-order valence-electron chi connectivity index (χ3n) is 4.42. The van der Waals surface area contributed by atoms with Crippen LogP contribution in [-0.4, -0.2) is 24.9 Å². The summed E-state index contributed by atoms with van der Waals surface area (Å²) in [6, 6.07) is 7.66. The van der Waals surface area contributed by atoms with Crippen LogP contribution >= 0.6 is 17.3 Å². The van der Waals surface area contributed by atoms with Crippen LogP contribution in [0.1, 0.15) is 48.5 Å². The lowest BCUT2D eigenvalue weighted by Crippen LogP contribution is -2.41. The van der Waals surface area contributed by atoms with E-state index in [0.717, 1.165) is 31.4 Å². The van der Waals surface area contributed by atoms with Crippen LogP contribution in [0.4, 0.5) is 0 Å². The molecule has 3 atom stereocenters. The predicted molar refractivity (Wildman–Crippen MR) is 98.0 cm³/mol. The Balaban J connectivity index is 2.31. The molecule has 0 amide bonds. The van der Waals surface area contributed by atoms with E-state index in [9.17, 15) is 9.59 Å². The second kappa shape index (κ2) is 8.87. The third-order valence-corrected chi connectivity index (χ3v) is 5.49. The molecule has 0 spiro atoms. The van der Waals surface area contributed by atoms with Gasteiger partial charge in [0.15, 0.2) is 5.78 Å². The number of carbonyl (C=O) groups is 2. The summed E-state index contributed by atoms with van der Waals surface area (Å²) in [6.45, 7) is 2.90. The summed E-state index contributed by atoms with van der Waals surface area (Å²) >= 11 is 0. The molecule has 2 rings (SSSR count). The number of ketones is 1. The zero-order valence-corrected chi connectivity index (χ0v) is 15.7. The fraction of sp³-hybridized carbons (Fsp3) is 0.529. The summed E-state index contributed by atoms with van der Waals surface area (Å²) in [6.07, 6.45) is 3.58. The predicted octanol–water partition coefficient (Wildman–Crippen LogP) is 3.51. The largest absolute Gasteiger partial charge is 0.465 e. The van der Waals surface area contributed by atoms with Crippen LogP contribution in [0.25, 0.3) is 0 Å². The lowest BCUT2D eigenvalue weighted by Gasteiger charge is -2.29. The highest BCUT2D eigenvalue weighted by Gasteiger charge is 2.48. The van der Waals surface area contributed by atoms with Crippen molar-refractivity contribution in [2.45, 2.75) is 39.0 Å². The van der Waals surface area contributed by atoms with Crippen molar-refractivity contribution < 1.29 is 14.3 Å². The molecule has 0 saturated carbocycles. The lowest BCUT2D eigenvalue weighted by molar-refractivity contribution is -0.153. The van der Waals surface area contributed by atoms with Crippen molar-refractivity contribution in [3.05, 3.63) is 35.4 Å². The van der Waals surface area contributed by atoms with Gasteiger partial charge in [0, 0.05) is 5.56 Å². The van der Waals surface area contributed by atoms with Gasteiger partial charge in [-0.2, -0.15) is 0 Å². The number of rotatable bonds is 7. The van der Waals surface area contributed by atoms with E-state index >= 15 is 0 Å². The summed E-state index contributed by atoms with van der Waals surface area (Å²) in [7, 11) is 3.23. The maximum Gasteiger partial charge on any atom is 0.320 e. The van der Waals surface area contributed by atoms with Gasteiger partial charge in [-0.25, -0.2) is 0 Å². The molecule has 0 aliphatic heterocycles. The molecule has 126 valence electrons. The van der Waals surface area contributed by atoms with Gasteiger partial charge in [0.1, 0.15) is 5.41 Å². The smallest absolute Gasteiger partial charge is 0.320 e. The number of hydrogen-bond acceptors (Lipinski definition) is 4. The Hall–Kier alpha value is -0.820. The van der Waals surface area contributed by atoms with E-state index in [0.29, 0.717) is 33.4 Å². The Kier molecular flexibility index (Phi) is 7.14. The third kappa shape index (κ3) is 4.18. The summed E-state index contributed by atoms with van der Waals surface area (Å²) in [5, 5.41) is 3.25. The first-order valence-electron chi connectivity index (χ1n) is 8.14. The molecule has 6 heteroatoms. The van der Waals surface area contributed by atoms with Gasteiger partial charge in [0.05, 0.1) is 6.61 Å². The molecular formula is C17H25NO3P2. The molecule has 23 heavy (non-hydrogen) atoms. The lowest BCUT2D eigenvalue weighted by atomic mass is 9.74. The molecule has 4 nitrogen and oxygen atoms in total. The Labute approximate surface area is 142 Å². The molecule has 1 aliphatic carbocycles. The van der Waals surface area contributed by atoms with Gasteiger partial charge in [-0.1, -0.05) is 33.2 Å². The number of Topliss-reactive ketones (excluding diaryl/α,β-unsaturated/α-hetero) is 1. The van der Waals surface area contributed by atoms with Crippen LogP contribution in [0.2, 0.25) is 0 Å². The molecule has 1 aromatic carbocycles. The van der Waals surface area contributed by atoms with Crippen LogP contribution in [-0.2, 0) is 16.0 Å². The number of hydrogen-bond donors (Lipinski definition) is 1. The van der Waals surface area contributed by atoms with E-state index in [1.54, 1.807) is 6.92 Å². The van der Waals surface area contributed by atoms with Crippen molar-refractivity contribution in [3.8, 4) is 0 Å². The average molecular weight is 353 g/mol. The maximum atomic E-state index is 13.2. The van der Waals surface area contributed by atoms with Crippen LogP contribution in [0.5, 0.6) is 0 Å². The highest BCUT2D eigenvalue weighted by molar-refractivity contribution is 8.01. The molecule has 0 fully saturated rings. The molecule has 0 heterocycles. The Morgan fingerprint density at radius 2 is 2.22 bits per heavy atom.